The molecule has 0 fully saturated rings. The van der Waals surface area contributed by atoms with Gasteiger partial charge in [-0.2, -0.15) is 0 Å². The SMILES string of the molecule is COCc1ccccc1NC(=O)NCC(=O)NC(C)(C)C. The molecule has 3 N–H and O–H groups in total. The van der Waals surface area contributed by atoms with Gasteiger partial charge < -0.3 is 20.7 Å². The number of hydrogen-bond donors (Lipinski definition) is 3. The van der Waals surface area contributed by atoms with Crippen LogP contribution in [0.25, 0.3) is 0 Å². The molecule has 0 unspecified atom stereocenters. The van der Waals surface area contributed by atoms with E-state index in [1.54, 1.807) is 13.2 Å². The summed E-state index contributed by atoms with van der Waals surface area (Å²) < 4.78 is 5.07. The molecule has 1 aromatic rings. The van der Waals surface area contributed by atoms with Crippen molar-refractivity contribution in [3.05, 3.63) is 29.8 Å². The highest BCUT2D eigenvalue weighted by atomic mass is 16.5. The summed E-state index contributed by atoms with van der Waals surface area (Å²) in [4.78, 5) is 23.4. The Bertz CT molecular complexity index is 495. The molecule has 0 saturated carbocycles. The van der Waals surface area contributed by atoms with Crippen molar-refractivity contribution in [1.29, 1.82) is 0 Å². The molecule has 1 aromatic carbocycles. The molecule has 0 aliphatic rings. The molecule has 0 saturated heterocycles. The van der Waals surface area contributed by atoms with Gasteiger partial charge in [-0.3, -0.25) is 4.79 Å². The lowest BCUT2D eigenvalue weighted by atomic mass is 10.1. The normalized spacial score (nSPS) is 10.9. The second-order valence-corrected chi connectivity index (χ2v) is 5.70. The molecular weight excluding hydrogens is 270 g/mol. The summed E-state index contributed by atoms with van der Waals surface area (Å²) in [5, 5.41) is 7.99. The van der Waals surface area contributed by atoms with Gasteiger partial charge in [-0.15, -0.1) is 0 Å². The zero-order valence-electron chi connectivity index (χ0n) is 12.9. The van der Waals surface area contributed by atoms with Crippen molar-refractivity contribution in [2.24, 2.45) is 0 Å². The number of benzene rings is 1. The zero-order chi connectivity index (χ0) is 15.9. The Hall–Kier alpha value is -2.08. The number of nitrogens with one attached hydrogen (secondary N) is 3. The van der Waals surface area contributed by atoms with Gasteiger partial charge in [-0.25, -0.2) is 4.79 Å². The number of ether oxygens (including phenoxy) is 1. The fourth-order valence-electron chi connectivity index (χ4n) is 1.71. The first-order valence-corrected chi connectivity index (χ1v) is 6.74. The standard InChI is InChI=1S/C15H23N3O3/c1-15(2,3)18-13(19)9-16-14(20)17-12-8-6-5-7-11(12)10-21-4/h5-8H,9-10H2,1-4H3,(H,18,19)(H2,16,17,20). The highest BCUT2D eigenvalue weighted by molar-refractivity contribution is 5.92. The smallest absolute Gasteiger partial charge is 0.319 e. The summed E-state index contributed by atoms with van der Waals surface area (Å²) in [7, 11) is 1.59. The van der Waals surface area contributed by atoms with E-state index in [-0.39, 0.29) is 18.0 Å². The van der Waals surface area contributed by atoms with Crippen LogP contribution in [0.1, 0.15) is 26.3 Å². The van der Waals surface area contributed by atoms with Crippen LogP contribution >= 0.6 is 0 Å². The monoisotopic (exact) mass is 293 g/mol. The van der Waals surface area contributed by atoms with Crippen molar-refractivity contribution in [1.82, 2.24) is 10.6 Å². The third kappa shape index (κ3) is 6.76. The van der Waals surface area contributed by atoms with Gasteiger partial charge in [0, 0.05) is 23.9 Å². The Morgan fingerprint density at radius 2 is 1.86 bits per heavy atom. The molecule has 116 valence electrons. The van der Waals surface area contributed by atoms with Crippen molar-refractivity contribution >= 4 is 17.6 Å². The van der Waals surface area contributed by atoms with Crippen molar-refractivity contribution < 1.29 is 14.3 Å². The number of carbonyl (C=O) groups excluding carboxylic acids is 2. The minimum atomic E-state index is -0.428. The lowest BCUT2D eigenvalue weighted by molar-refractivity contribution is -0.121. The molecule has 6 heteroatoms. The summed E-state index contributed by atoms with van der Waals surface area (Å²) in [6.45, 7) is 5.97. The van der Waals surface area contributed by atoms with Crippen molar-refractivity contribution in [2.45, 2.75) is 32.9 Å². The second-order valence-electron chi connectivity index (χ2n) is 5.70. The largest absolute Gasteiger partial charge is 0.380 e. The average Bonchev–Trinajstić information content (AvgIpc) is 2.37. The molecule has 0 spiro atoms. The first kappa shape index (κ1) is 17.0. The Kier molecular flexibility index (Phi) is 6.17. The van der Waals surface area contributed by atoms with Crippen LogP contribution in [0.5, 0.6) is 0 Å². The summed E-state index contributed by atoms with van der Waals surface area (Å²) in [6, 6.07) is 6.91. The Morgan fingerprint density at radius 1 is 1.19 bits per heavy atom. The van der Waals surface area contributed by atoms with Crippen molar-refractivity contribution in [2.75, 3.05) is 19.0 Å². The topological polar surface area (TPSA) is 79.5 Å². The van der Waals surface area contributed by atoms with Gasteiger partial charge in [0.15, 0.2) is 0 Å². The van der Waals surface area contributed by atoms with Gasteiger partial charge in [0.2, 0.25) is 5.91 Å². The van der Waals surface area contributed by atoms with Crippen LogP contribution in [0, 0.1) is 0 Å². The Labute approximate surface area is 125 Å². The van der Waals surface area contributed by atoms with E-state index in [4.69, 9.17) is 4.74 Å². The Balaban J connectivity index is 2.49. The summed E-state index contributed by atoms with van der Waals surface area (Å²) >= 11 is 0. The maximum Gasteiger partial charge on any atom is 0.319 e. The molecule has 0 aliphatic carbocycles. The molecule has 3 amide bonds. The summed E-state index contributed by atoms with van der Waals surface area (Å²) in [5.41, 5.74) is 1.21. The molecule has 0 bridgehead atoms. The zero-order valence-corrected chi connectivity index (χ0v) is 12.9. The molecule has 0 radical (unpaired) electrons. The predicted molar refractivity (Wildman–Crippen MR) is 82.1 cm³/mol. The first-order chi connectivity index (χ1) is 9.81. The summed E-state index contributed by atoms with van der Waals surface area (Å²) in [5.74, 6) is -0.233. The minimum absolute atomic E-state index is 0.0739. The molecule has 0 aromatic heterocycles. The number of hydrogen-bond acceptors (Lipinski definition) is 3. The van der Waals surface area contributed by atoms with Crippen LogP contribution < -0.4 is 16.0 Å². The molecule has 21 heavy (non-hydrogen) atoms. The maximum atomic E-state index is 11.8. The summed E-state index contributed by atoms with van der Waals surface area (Å²) in [6.07, 6.45) is 0. The predicted octanol–water partition coefficient (Wildman–Crippen LogP) is 1.87. The van der Waals surface area contributed by atoms with Crippen molar-refractivity contribution in [3.8, 4) is 0 Å². The molecule has 0 heterocycles. The van der Waals surface area contributed by atoms with Gasteiger partial charge >= 0.3 is 6.03 Å². The quantitative estimate of drug-likeness (QED) is 0.775. The van der Waals surface area contributed by atoms with Crippen LogP contribution in [0.4, 0.5) is 10.5 Å². The molecular formula is C15H23N3O3. The van der Waals surface area contributed by atoms with E-state index in [0.717, 1.165) is 5.56 Å². The van der Waals surface area contributed by atoms with E-state index in [1.165, 1.54) is 0 Å². The lowest BCUT2D eigenvalue weighted by Gasteiger charge is -2.20. The number of methoxy groups -OCH3 is 1. The average molecular weight is 293 g/mol. The van der Waals surface area contributed by atoms with Crippen LogP contribution in [0.3, 0.4) is 0 Å². The number of urea groups is 1. The third-order valence-electron chi connectivity index (χ3n) is 2.49. The minimum Gasteiger partial charge on any atom is -0.380 e. The van der Waals surface area contributed by atoms with E-state index in [1.807, 2.05) is 39.0 Å². The van der Waals surface area contributed by atoms with Gasteiger partial charge in [0.25, 0.3) is 0 Å². The third-order valence-corrected chi connectivity index (χ3v) is 2.49. The number of amides is 3. The fraction of sp³-hybridized carbons (Fsp3) is 0.467. The van der Waals surface area contributed by atoms with E-state index in [9.17, 15) is 9.59 Å². The maximum absolute atomic E-state index is 11.8. The van der Waals surface area contributed by atoms with Crippen LogP contribution in [-0.4, -0.2) is 31.1 Å². The van der Waals surface area contributed by atoms with Gasteiger partial charge in [-0.05, 0) is 26.8 Å². The van der Waals surface area contributed by atoms with Gasteiger partial charge in [0.05, 0.1) is 13.2 Å². The van der Waals surface area contributed by atoms with E-state index >= 15 is 0 Å². The number of rotatable bonds is 5. The molecule has 1 rings (SSSR count). The number of para-hydroxylation sites is 1. The van der Waals surface area contributed by atoms with E-state index in [2.05, 4.69) is 16.0 Å². The Morgan fingerprint density at radius 3 is 2.48 bits per heavy atom. The number of carbonyl (C=O) groups is 2. The molecule has 0 aliphatic heterocycles. The van der Waals surface area contributed by atoms with E-state index in [0.29, 0.717) is 12.3 Å². The van der Waals surface area contributed by atoms with E-state index < -0.39 is 6.03 Å². The highest BCUT2D eigenvalue weighted by Crippen LogP contribution is 2.15. The van der Waals surface area contributed by atoms with Gasteiger partial charge in [-0.1, -0.05) is 18.2 Å². The second kappa shape index (κ2) is 7.64. The fourth-order valence-corrected chi connectivity index (χ4v) is 1.71. The highest BCUT2D eigenvalue weighted by Gasteiger charge is 2.14. The van der Waals surface area contributed by atoms with Crippen molar-refractivity contribution in [3.63, 3.8) is 0 Å². The first-order valence-electron chi connectivity index (χ1n) is 6.74. The van der Waals surface area contributed by atoms with Gasteiger partial charge in [0.1, 0.15) is 0 Å². The van der Waals surface area contributed by atoms with Crippen LogP contribution in [-0.2, 0) is 16.1 Å². The lowest BCUT2D eigenvalue weighted by Crippen LogP contribution is -2.46. The van der Waals surface area contributed by atoms with Crippen LogP contribution in [0.15, 0.2) is 24.3 Å². The number of anilines is 1. The molecule has 0 atom stereocenters. The van der Waals surface area contributed by atoms with Crippen LogP contribution in [0.2, 0.25) is 0 Å². The molecule has 6 nitrogen and oxygen atoms in total.